The standard InChI is InChI=1S/C13H21N3O6S2/c1-10(14)13(17)15-8-9-22-12-6-4-11(5-7-12)16(23(2,18)19)24(3,20)21/h4-7,10H,8-9,14H2,1-3H3,(H,15,17). The topological polar surface area (TPSA) is 136 Å². The number of nitrogens with zero attached hydrogens (tertiary/aromatic N) is 1. The predicted molar refractivity (Wildman–Crippen MR) is 90.8 cm³/mol. The fourth-order valence-corrected chi connectivity index (χ4v) is 4.77. The highest BCUT2D eigenvalue weighted by molar-refractivity contribution is 8.09. The van der Waals surface area contributed by atoms with Gasteiger partial charge in [0.25, 0.3) is 0 Å². The van der Waals surface area contributed by atoms with E-state index in [4.69, 9.17) is 10.5 Å². The number of carbonyl (C=O) groups excluding carboxylic acids is 1. The number of benzene rings is 1. The molecule has 1 unspecified atom stereocenters. The molecule has 11 heteroatoms. The summed E-state index contributed by atoms with van der Waals surface area (Å²) < 4.78 is 52.3. The van der Waals surface area contributed by atoms with Gasteiger partial charge >= 0.3 is 0 Å². The van der Waals surface area contributed by atoms with E-state index in [1.165, 1.54) is 24.3 Å². The van der Waals surface area contributed by atoms with Crippen LogP contribution in [0.15, 0.2) is 24.3 Å². The summed E-state index contributed by atoms with van der Waals surface area (Å²) in [4.78, 5) is 11.3. The van der Waals surface area contributed by atoms with E-state index in [0.29, 0.717) is 9.46 Å². The fourth-order valence-electron chi connectivity index (χ4n) is 1.80. The van der Waals surface area contributed by atoms with Crippen molar-refractivity contribution in [3.8, 4) is 5.75 Å². The number of hydrogen-bond acceptors (Lipinski definition) is 7. The van der Waals surface area contributed by atoms with Gasteiger partial charge in [-0.3, -0.25) is 4.79 Å². The molecule has 1 aromatic carbocycles. The van der Waals surface area contributed by atoms with Crippen molar-refractivity contribution in [2.24, 2.45) is 5.73 Å². The van der Waals surface area contributed by atoms with Gasteiger partial charge in [-0.1, -0.05) is 0 Å². The fraction of sp³-hybridized carbons (Fsp3) is 0.462. The molecule has 0 radical (unpaired) electrons. The molecule has 0 aliphatic rings. The van der Waals surface area contributed by atoms with Gasteiger partial charge in [0.2, 0.25) is 26.0 Å². The average Bonchev–Trinajstić information content (AvgIpc) is 2.41. The van der Waals surface area contributed by atoms with Crippen LogP contribution in [0.1, 0.15) is 6.92 Å². The zero-order valence-electron chi connectivity index (χ0n) is 13.6. The molecule has 1 atom stereocenters. The molecule has 1 amide bonds. The first-order valence-corrected chi connectivity index (χ1v) is 10.6. The third-order valence-electron chi connectivity index (χ3n) is 2.73. The Kier molecular flexibility index (Phi) is 6.58. The minimum absolute atomic E-state index is 0.0161. The highest BCUT2D eigenvalue weighted by Gasteiger charge is 2.27. The van der Waals surface area contributed by atoms with Crippen LogP contribution in [0.4, 0.5) is 5.69 Å². The van der Waals surface area contributed by atoms with E-state index in [-0.39, 0.29) is 24.7 Å². The Morgan fingerprint density at radius 2 is 1.67 bits per heavy atom. The summed E-state index contributed by atoms with van der Waals surface area (Å²) in [5, 5.41) is 2.57. The molecule has 1 rings (SSSR count). The number of hydrogen-bond donors (Lipinski definition) is 2. The third-order valence-corrected chi connectivity index (χ3v) is 5.98. The number of carbonyl (C=O) groups is 1. The lowest BCUT2D eigenvalue weighted by Gasteiger charge is -2.19. The molecule has 1 aromatic rings. The van der Waals surface area contributed by atoms with Crippen LogP contribution >= 0.6 is 0 Å². The summed E-state index contributed by atoms with van der Waals surface area (Å²) in [7, 11) is -7.96. The third kappa shape index (κ3) is 5.98. The quantitative estimate of drug-likeness (QED) is 0.567. The lowest BCUT2D eigenvalue weighted by atomic mass is 10.3. The van der Waals surface area contributed by atoms with Crippen LogP contribution in [0.5, 0.6) is 5.75 Å². The molecule has 24 heavy (non-hydrogen) atoms. The average molecular weight is 379 g/mol. The van der Waals surface area contributed by atoms with Gasteiger partial charge in [-0.2, -0.15) is 3.71 Å². The molecule has 0 saturated heterocycles. The molecule has 9 nitrogen and oxygen atoms in total. The van der Waals surface area contributed by atoms with Crippen molar-refractivity contribution in [3.05, 3.63) is 24.3 Å². The summed E-state index contributed by atoms with van der Waals surface area (Å²) in [6.07, 6.45) is 1.61. The van der Waals surface area contributed by atoms with E-state index in [9.17, 15) is 21.6 Å². The number of anilines is 1. The van der Waals surface area contributed by atoms with Gasteiger partial charge in [0.15, 0.2) is 0 Å². The van der Waals surface area contributed by atoms with Crippen LogP contribution in [0.3, 0.4) is 0 Å². The monoisotopic (exact) mass is 379 g/mol. The maximum atomic E-state index is 11.7. The van der Waals surface area contributed by atoms with E-state index in [0.717, 1.165) is 12.5 Å². The number of sulfonamides is 2. The van der Waals surface area contributed by atoms with Gasteiger partial charge in [0.1, 0.15) is 12.4 Å². The first-order chi connectivity index (χ1) is 10.9. The Morgan fingerprint density at radius 3 is 2.08 bits per heavy atom. The van der Waals surface area contributed by atoms with Crippen molar-refractivity contribution in [2.75, 3.05) is 29.4 Å². The molecule has 0 heterocycles. The minimum Gasteiger partial charge on any atom is -0.492 e. The Hall–Kier alpha value is -1.85. The maximum absolute atomic E-state index is 11.7. The number of ether oxygens (including phenoxy) is 1. The second-order valence-corrected chi connectivity index (χ2v) is 9.04. The van der Waals surface area contributed by atoms with E-state index in [1.54, 1.807) is 6.92 Å². The lowest BCUT2D eigenvalue weighted by molar-refractivity contribution is -0.122. The molecule has 0 bridgehead atoms. The van der Waals surface area contributed by atoms with Gasteiger partial charge in [0, 0.05) is 0 Å². The van der Waals surface area contributed by atoms with Crippen LogP contribution in [-0.4, -0.2) is 54.4 Å². The smallest absolute Gasteiger partial charge is 0.245 e. The molecule has 136 valence electrons. The van der Waals surface area contributed by atoms with E-state index < -0.39 is 26.1 Å². The number of nitrogens with two attached hydrogens (primary N) is 1. The second-order valence-electron chi connectivity index (χ2n) is 5.15. The first kappa shape index (κ1) is 20.2. The Bertz CT molecular complexity index is 740. The van der Waals surface area contributed by atoms with E-state index in [2.05, 4.69) is 5.32 Å². The van der Waals surface area contributed by atoms with Crippen molar-refractivity contribution in [2.45, 2.75) is 13.0 Å². The number of rotatable bonds is 8. The van der Waals surface area contributed by atoms with Crippen molar-refractivity contribution in [3.63, 3.8) is 0 Å². The number of amides is 1. The van der Waals surface area contributed by atoms with E-state index >= 15 is 0 Å². The zero-order chi connectivity index (χ0) is 18.5. The molecule has 0 aliphatic heterocycles. The molecular weight excluding hydrogens is 358 g/mol. The summed E-state index contributed by atoms with van der Waals surface area (Å²) in [5.74, 6) is 0.0987. The predicted octanol–water partition coefficient (Wildman–Crippen LogP) is -0.746. The van der Waals surface area contributed by atoms with Crippen LogP contribution in [0.25, 0.3) is 0 Å². The Labute approximate surface area is 141 Å². The maximum Gasteiger partial charge on any atom is 0.245 e. The Balaban J connectivity index is 2.74. The molecule has 0 saturated carbocycles. The molecule has 0 spiro atoms. The van der Waals surface area contributed by atoms with Crippen molar-refractivity contribution >= 4 is 31.6 Å². The first-order valence-electron chi connectivity index (χ1n) is 6.89. The zero-order valence-corrected chi connectivity index (χ0v) is 15.2. The summed E-state index contributed by atoms with van der Waals surface area (Å²) in [5.41, 5.74) is 5.37. The van der Waals surface area contributed by atoms with Crippen LogP contribution in [-0.2, 0) is 24.8 Å². The summed E-state index contributed by atoms with van der Waals surface area (Å²) in [6.45, 7) is 1.99. The molecule has 0 aliphatic carbocycles. The lowest BCUT2D eigenvalue weighted by Crippen LogP contribution is -2.40. The molecular formula is C13H21N3O6S2. The summed E-state index contributed by atoms with van der Waals surface area (Å²) >= 11 is 0. The molecule has 3 N–H and O–H groups in total. The minimum atomic E-state index is -3.98. The van der Waals surface area contributed by atoms with Gasteiger partial charge in [0.05, 0.1) is 30.8 Å². The van der Waals surface area contributed by atoms with Gasteiger partial charge < -0.3 is 15.8 Å². The summed E-state index contributed by atoms with van der Waals surface area (Å²) in [6, 6.07) is 4.90. The second kappa shape index (κ2) is 7.81. The van der Waals surface area contributed by atoms with Crippen molar-refractivity contribution in [1.82, 2.24) is 5.32 Å². The Morgan fingerprint density at radius 1 is 1.17 bits per heavy atom. The molecule has 0 aromatic heterocycles. The van der Waals surface area contributed by atoms with Crippen LogP contribution in [0, 0.1) is 0 Å². The van der Waals surface area contributed by atoms with Crippen LogP contribution in [0.2, 0.25) is 0 Å². The van der Waals surface area contributed by atoms with Gasteiger partial charge in [-0.15, -0.1) is 0 Å². The SMILES string of the molecule is CC(N)C(=O)NCCOc1ccc(N(S(C)(=O)=O)S(C)(=O)=O)cc1. The largest absolute Gasteiger partial charge is 0.492 e. The van der Waals surface area contributed by atoms with Crippen molar-refractivity contribution in [1.29, 1.82) is 0 Å². The van der Waals surface area contributed by atoms with E-state index in [1.807, 2.05) is 0 Å². The van der Waals surface area contributed by atoms with Gasteiger partial charge in [-0.05, 0) is 31.2 Å². The molecule has 0 fully saturated rings. The highest BCUT2D eigenvalue weighted by atomic mass is 32.3. The van der Waals surface area contributed by atoms with Crippen molar-refractivity contribution < 1.29 is 26.4 Å². The number of nitrogens with one attached hydrogen (secondary N) is 1. The van der Waals surface area contributed by atoms with Crippen LogP contribution < -0.4 is 19.5 Å². The van der Waals surface area contributed by atoms with Gasteiger partial charge in [-0.25, -0.2) is 16.8 Å². The highest BCUT2D eigenvalue weighted by Crippen LogP contribution is 2.23. The normalized spacial score (nSPS) is 13.2.